The van der Waals surface area contributed by atoms with E-state index < -0.39 is 0 Å². The molecule has 0 unspecified atom stereocenters. The summed E-state index contributed by atoms with van der Waals surface area (Å²) in [5.74, 6) is 1.06. The molecule has 0 spiro atoms. The molecule has 2 aliphatic heterocycles. The number of carbonyl (C=O) groups excluding carboxylic acids is 1. The van der Waals surface area contributed by atoms with Crippen molar-refractivity contribution in [3.63, 3.8) is 0 Å². The van der Waals surface area contributed by atoms with Crippen molar-refractivity contribution in [1.29, 1.82) is 0 Å². The number of allylic oxidation sites excluding steroid dienone is 4. The van der Waals surface area contributed by atoms with Crippen LogP contribution in [0, 0.1) is 22.0 Å². The van der Waals surface area contributed by atoms with Gasteiger partial charge in [-0.2, -0.15) is 0 Å². The number of ether oxygens (including phenoxy) is 1. The van der Waals surface area contributed by atoms with Crippen molar-refractivity contribution in [3.8, 4) is 0 Å². The summed E-state index contributed by atoms with van der Waals surface area (Å²) in [6, 6.07) is 11.3. The molecule has 6 rings (SSSR count). The lowest BCUT2D eigenvalue weighted by atomic mass is 9.70. The van der Waals surface area contributed by atoms with Crippen LogP contribution in [0.15, 0.2) is 60.7 Å². The molecule has 2 aromatic rings. The highest BCUT2D eigenvalue weighted by Gasteiger charge is 2.48. The Kier molecular flexibility index (Phi) is 4.64. The van der Waals surface area contributed by atoms with Gasteiger partial charge in [0, 0.05) is 36.2 Å². The maximum Gasteiger partial charge on any atom is 0.338 e. The third kappa shape index (κ3) is 3.04. The maximum atomic E-state index is 12.7. The Labute approximate surface area is 192 Å². The average molecular weight is 443 g/mol. The summed E-state index contributed by atoms with van der Waals surface area (Å²) in [6.07, 6.45) is 11.1. The van der Waals surface area contributed by atoms with Crippen LogP contribution in [0.3, 0.4) is 0 Å². The number of rotatable bonds is 4. The van der Waals surface area contributed by atoms with Crippen LogP contribution in [0.5, 0.6) is 0 Å². The Morgan fingerprint density at radius 3 is 2.52 bits per heavy atom. The summed E-state index contributed by atoms with van der Waals surface area (Å²) < 4.78 is 5.36. The smallest absolute Gasteiger partial charge is 0.338 e. The van der Waals surface area contributed by atoms with Crippen LogP contribution in [-0.2, 0) is 4.74 Å². The molecule has 2 aliphatic carbocycles. The summed E-state index contributed by atoms with van der Waals surface area (Å²) in [4.78, 5) is 26.1. The zero-order valence-corrected chi connectivity index (χ0v) is 18.5. The highest BCUT2D eigenvalue weighted by molar-refractivity contribution is 5.92. The van der Waals surface area contributed by atoms with Gasteiger partial charge in [0.05, 0.1) is 23.1 Å². The monoisotopic (exact) mass is 442 g/mol. The van der Waals surface area contributed by atoms with Gasteiger partial charge in [-0.1, -0.05) is 36.4 Å². The second-order valence-corrected chi connectivity index (χ2v) is 9.47. The normalized spacial score (nSPS) is 28.3. The van der Waals surface area contributed by atoms with Gasteiger partial charge in [0.15, 0.2) is 0 Å². The molecular formula is C27H26N2O4. The maximum absolute atomic E-state index is 12.7. The standard InChI is InChI=1S/C27H26N2O4/c1-2-33-27(30)18-13-23-20-6-3-5-17(20)15-28-25(16-9-11-19(12-10-16)29(31)32)22-8-4-7-21(22)24(14-18)26(23)28/h3-4,6-7,9-14,17,20-22,25H,2,5,8,15H2,1H3/t17-,20+,21-,22-,25+/m1/s1. The number of hydrogen-bond acceptors (Lipinski definition) is 5. The summed E-state index contributed by atoms with van der Waals surface area (Å²) in [5, 5.41) is 11.2. The Morgan fingerprint density at radius 2 is 1.79 bits per heavy atom. The molecule has 6 heteroatoms. The van der Waals surface area contributed by atoms with E-state index in [9.17, 15) is 14.9 Å². The molecule has 2 heterocycles. The molecule has 0 fully saturated rings. The fourth-order valence-corrected chi connectivity index (χ4v) is 6.48. The number of carbonyl (C=O) groups is 1. The highest BCUT2D eigenvalue weighted by atomic mass is 16.6. The second-order valence-electron chi connectivity index (χ2n) is 9.47. The predicted molar refractivity (Wildman–Crippen MR) is 126 cm³/mol. The first-order valence-corrected chi connectivity index (χ1v) is 11.8. The van der Waals surface area contributed by atoms with Gasteiger partial charge in [-0.05, 0) is 60.4 Å². The van der Waals surface area contributed by atoms with E-state index in [4.69, 9.17) is 4.74 Å². The number of fused-ring (bicyclic) bond motifs is 4. The van der Waals surface area contributed by atoms with Crippen LogP contribution in [-0.4, -0.2) is 24.0 Å². The zero-order chi connectivity index (χ0) is 22.7. The predicted octanol–water partition coefficient (Wildman–Crippen LogP) is 5.67. The number of nitro benzene ring substituents is 1. The molecular weight excluding hydrogens is 416 g/mol. The van der Waals surface area contributed by atoms with Crippen LogP contribution < -0.4 is 4.90 Å². The van der Waals surface area contributed by atoms with Gasteiger partial charge in [-0.3, -0.25) is 10.1 Å². The first-order valence-electron chi connectivity index (χ1n) is 11.8. The molecule has 0 radical (unpaired) electrons. The van der Waals surface area contributed by atoms with Gasteiger partial charge in [-0.25, -0.2) is 4.79 Å². The summed E-state index contributed by atoms with van der Waals surface area (Å²) in [6.45, 7) is 3.14. The van der Waals surface area contributed by atoms with Crippen LogP contribution in [0.1, 0.15) is 64.7 Å². The minimum absolute atomic E-state index is 0.120. The van der Waals surface area contributed by atoms with Crippen molar-refractivity contribution in [2.24, 2.45) is 11.8 Å². The number of benzene rings is 2. The summed E-state index contributed by atoms with van der Waals surface area (Å²) in [5.41, 5.74) is 5.55. The van der Waals surface area contributed by atoms with Crippen LogP contribution in [0.4, 0.5) is 11.4 Å². The Bertz CT molecular complexity index is 1180. The number of non-ortho nitro benzene ring substituents is 1. The molecule has 168 valence electrons. The summed E-state index contributed by atoms with van der Waals surface area (Å²) in [7, 11) is 0. The molecule has 0 saturated carbocycles. The molecule has 0 amide bonds. The third-order valence-electron chi connectivity index (χ3n) is 7.81. The van der Waals surface area contributed by atoms with E-state index in [1.165, 1.54) is 16.8 Å². The first kappa shape index (κ1) is 20.2. The third-order valence-corrected chi connectivity index (χ3v) is 7.81. The molecule has 0 bridgehead atoms. The number of anilines is 1. The topological polar surface area (TPSA) is 72.7 Å². The Morgan fingerprint density at radius 1 is 1.09 bits per heavy atom. The van der Waals surface area contributed by atoms with Crippen LogP contribution in [0.25, 0.3) is 0 Å². The van der Waals surface area contributed by atoms with Crippen LogP contribution >= 0.6 is 0 Å². The Hall–Kier alpha value is -3.41. The van der Waals surface area contributed by atoms with Gasteiger partial charge in [0.25, 0.3) is 5.69 Å². The van der Waals surface area contributed by atoms with Crippen LogP contribution in [0.2, 0.25) is 0 Å². The molecule has 0 N–H and O–H groups in total. The van der Waals surface area contributed by atoms with E-state index in [2.05, 4.69) is 29.2 Å². The van der Waals surface area contributed by atoms with E-state index in [1.54, 1.807) is 12.1 Å². The lowest BCUT2D eigenvalue weighted by molar-refractivity contribution is -0.384. The Balaban J connectivity index is 1.52. The molecule has 6 nitrogen and oxygen atoms in total. The number of nitro groups is 1. The first-order chi connectivity index (χ1) is 16.1. The number of esters is 1. The fraction of sp³-hybridized carbons (Fsp3) is 0.370. The summed E-state index contributed by atoms with van der Waals surface area (Å²) >= 11 is 0. The van der Waals surface area contributed by atoms with Crippen molar-refractivity contribution in [2.75, 3.05) is 18.1 Å². The largest absolute Gasteiger partial charge is 0.462 e. The van der Waals surface area contributed by atoms with E-state index >= 15 is 0 Å². The zero-order valence-electron chi connectivity index (χ0n) is 18.5. The number of nitrogens with zero attached hydrogens (tertiary/aromatic N) is 2. The number of hydrogen-bond donors (Lipinski definition) is 0. The van der Waals surface area contributed by atoms with Gasteiger partial charge in [0.1, 0.15) is 0 Å². The van der Waals surface area contributed by atoms with Gasteiger partial charge in [-0.15, -0.1) is 0 Å². The fourth-order valence-electron chi connectivity index (χ4n) is 6.48. The van der Waals surface area contributed by atoms with Crippen molar-refractivity contribution in [3.05, 3.63) is 93.1 Å². The van der Waals surface area contributed by atoms with Gasteiger partial charge in [0.2, 0.25) is 0 Å². The molecule has 0 saturated heterocycles. The van der Waals surface area contributed by atoms with Gasteiger partial charge < -0.3 is 9.64 Å². The SMILES string of the molecule is CCOC(=O)c1cc2c3c(c1)[C@@H]1C=CC[C@H]1[C@H](c1ccc([N+](=O)[O-])cc1)N3C[C@H]1CC=C[C@H]21. The highest BCUT2D eigenvalue weighted by Crippen LogP contribution is 2.59. The van der Waals surface area contributed by atoms with E-state index in [-0.39, 0.29) is 28.5 Å². The van der Waals surface area contributed by atoms with Crippen molar-refractivity contribution >= 4 is 17.3 Å². The molecule has 5 atom stereocenters. The molecule has 0 aromatic heterocycles. The van der Waals surface area contributed by atoms with Crippen molar-refractivity contribution < 1.29 is 14.5 Å². The average Bonchev–Trinajstić information content (AvgIpc) is 3.49. The van der Waals surface area contributed by atoms with Crippen molar-refractivity contribution in [2.45, 2.75) is 37.6 Å². The quantitative estimate of drug-likeness (QED) is 0.264. The van der Waals surface area contributed by atoms with E-state index in [0.717, 1.165) is 24.9 Å². The minimum atomic E-state index is -0.343. The lowest BCUT2D eigenvalue weighted by Crippen LogP contribution is -2.46. The minimum Gasteiger partial charge on any atom is -0.462 e. The molecule has 33 heavy (non-hydrogen) atoms. The molecule has 4 aliphatic rings. The van der Waals surface area contributed by atoms with E-state index in [1.807, 2.05) is 31.2 Å². The molecule has 2 aromatic carbocycles. The lowest BCUT2D eigenvalue weighted by Gasteiger charge is -2.51. The van der Waals surface area contributed by atoms with Gasteiger partial charge >= 0.3 is 5.97 Å². The van der Waals surface area contributed by atoms with Crippen molar-refractivity contribution in [1.82, 2.24) is 0 Å². The van der Waals surface area contributed by atoms with E-state index in [0.29, 0.717) is 29.9 Å². The second kappa shape index (κ2) is 7.58.